The first-order valence-electron chi connectivity index (χ1n) is 7.34. The van der Waals surface area contributed by atoms with E-state index in [-0.39, 0.29) is 0 Å². The van der Waals surface area contributed by atoms with Gasteiger partial charge in [0, 0.05) is 28.9 Å². The van der Waals surface area contributed by atoms with Crippen molar-refractivity contribution >= 4 is 11.3 Å². The molecule has 1 aromatic heterocycles. The molecule has 1 aromatic rings. The van der Waals surface area contributed by atoms with Gasteiger partial charge in [-0.15, -0.1) is 11.3 Å². The SMILES string of the molecule is Cc1cc(C(CN)N2CCC(C(C)(C)C)C2)c(C)s1. The summed E-state index contributed by atoms with van der Waals surface area (Å²) in [5.74, 6) is 0.793. The van der Waals surface area contributed by atoms with E-state index in [0.717, 1.165) is 12.5 Å². The van der Waals surface area contributed by atoms with Crippen LogP contribution in [0.25, 0.3) is 0 Å². The summed E-state index contributed by atoms with van der Waals surface area (Å²) < 4.78 is 0. The smallest absolute Gasteiger partial charge is 0.0481 e. The molecule has 108 valence electrons. The van der Waals surface area contributed by atoms with Crippen molar-refractivity contribution in [1.82, 2.24) is 4.90 Å². The lowest BCUT2D eigenvalue weighted by atomic mass is 9.80. The van der Waals surface area contributed by atoms with E-state index in [4.69, 9.17) is 5.73 Å². The van der Waals surface area contributed by atoms with E-state index in [1.54, 1.807) is 0 Å². The molecule has 2 heterocycles. The third-order valence-electron chi connectivity index (χ3n) is 4.55. The van der Waals surface area contributed by atoms with Crippen molar-refractivity contribution < 1.29 is 0 Å². The van der Waals surface area contributed by atoms with E-state index in [1.165, 1.54) is 34.8 Å². The molecule has 0 radical (unpaired) electrons. The van der Waals surface area contributed by atoms with Crippen LogP contribution in [0.3, 0.4) is 0 Å². The molecule has 1 aliphatic heterocycles. The molecule has 1 saturated heterocycles. The molecular formula is C16H28N2S. The lowest BCUT2D eigenvalue weighted by Crippen LogP contribution is -2.33. The Morgan fingerprint density at radius 1 is 1.42 bits per heavy atom. The number of hydrogen-bond acceptors (Lipinski definition) is 3. The fourth-order valence-electron chi connectivity index (χ4n) is 3.23. The van der Waals surface area contributed by atoms with E-state index in [2.05, 4.69) is 45.6 Å². The molecule has 1 fully saturated rings. The van der Waals surface area contributed by atoms with Crippen LogP contribution in [0.15, 0.2) is 6.07 Å². The van der Waals surface area contributed by atoms with Gasteiger partial charge in [0.1, 0.15) is 0 Å². The Labute approximate surface area is 122 Å². The number of thiophene rings is 1. The quantitative estimate of drug-likeness (QED) is 0.914. The Kier molecular flexibility index (Phi) is 4.38. The number of nitrogens with two attached hydrogens (primary N) is 1. The van der Waals surface area contributed by atoms with Gasteiger partial charge in [-0.2, -0.15) is 0 Å². The predicted molar refractivity (Wildman–Crippen MR) is 84.7 cm³/mol. The van der Waals surface area contributed by atoms with Crippen LogP contribution < -0.4 is 5.73 Å². The van der Waals surface area contributed by atoms with Gasteiger partial charge in [0.05, 0.1) is 0 Å². The van der Waals surface area contributed by atoms with Crippen LogP contribution in [0.1, 0.15) is 48.6 Å². The van der Waals surface area contributed by atoms with Crippen molar-refractivity contribution in [2.75, 3.05) is 19.6 Å². The second kappa shape index (κ2) is 5.55. The van der Waals surface area contributed by atoms with E-state index < -0.39 is 0 Å². The normalized spacial score (nSPS) is 22.9. The molecule has 2 rings (SSSR count). The molecular weight excluding hydrogens is 252 g/mol. The molecule has 0 aliphatic carbocycles. The highest BCUT2D eigenvalue weighted by Gasteiger charge is 2.35. The van der Waals surface area contributed by atoms with Gasteiger partial charge in [-0.05, 0) is 49.8 Å². The molecule has 2 unspecified atom stereocenters. The van der Waals surface area contributed by atoms with E-state index in [9.17, 15) is 0 Å². The Balaban J connectivity index is 2.14. The minimum Gasteiger partial charge on any atom is -0.329 e. The van der Waals surface area contributed by atoms with Crippen molar-refractivity contribution in [3.8, 4) is 0 Å². The number of likely N-dealkylation sites (tertiary alicyclic amines) is 1. The maximum absolute atomic E-state index is 6.08. The molecule has 0 aromatic carbocycles. The fourth-order valence-corrected chi connectivity index (χ4v) is 4.21. The Morgan fingerprint density at radius 3 is 2.53 bits per heavy atom. The number of rotatable bonds is 3. The predicted octanol–water partition coefficient (Wildman–Crippen LogP) is 3.73. The van der Waals surface area contributed by atoms with Crippen LogP contribution in [-0.2, 0) is 0 Å². The topological polar surface area (TPSA) is 29.3 Å². The minimum atomic E-state index is 0.410. The number of nitrogens with zero attached hydrogens (tertiary/aromatic N) is 1. The van der Waals surface area contributed by atoms with Gasteiger partial charge < -0.3 is 5.73 Å². The third-order valence-corrected chi connectivity index (χ3v) is 5.53. The minimum absolute atomic E-state index is 0.410. The van der Waals surface area contributed by atoms with Gasteiger partial charge in [-0.1, -0.05) is 20.8 Å². The highest BCUT2D eigenvalue weighted by Crippen LogP contribution is 2.38. The summed E-state index contributed by atoms with van der Waals surface area (Å²) in [5, 5.41) is 0. The lowest BCUT2D eigenvalue weighted by Gasteiger charge is -2.30. The van der Waals surface area contributed by atoms with Gasteiger partial charge in [-0.3, -0.25) is 4.90 Å². The third kappa shape index (κ3) is 3.21. The van der Waals surface area contributed by atoms with E-state index in [1.807, 2.05) is 11.3 Å². The molecule has 19 heavy (non-hydrogen) atoms. The summed E-state index contributed by atoms with van der Waals surface area (Å²) in [6.07, 6.45) is 1.31. The van der Waals surface area contributed by atoms with Gasteiger partial charge in [0.2, 0.25) is 0 Å². The van der Waals surface area contributed by atoms with Crippen LogP contribution in [0.5, 0.6) is 0 Å². The first-order valence-corrected chi connectivity index (χ1v) is 8.15. The highest BCUT2D eigenvalue weighted by molar-refractivity contribution is 7.12. The first kappa shape index (κ1) is 15.0. The number of aryl methyl sites for hydroxylation is 2. The Hall–Kier alpha value is -0.380. The van der Waals surface area contributed by atoms with Gasteiger partial charge >= 0.3 is 0 Å². The molecule has 2 nitrogen and oxygen atoms in total. The molecule has 1 aliphatic rings. The second-order valence-electron chi connectivity index (χ2n) is 6.97. The van der Waals surface area contributed by atoms with Crippen molar-refractivity contribution in [3.05, 3.63) is 21.4 Å². The van der Waals surface area contributed by atoms with Gasteiger partial charge in [0.15, 0.2) is 0 Å². The zero-order valence-corrected chi connectivity index (χ0v) is 13.8. The van der Waals surface area contributed by atoms with Crippen LogP contribution in [0, 0.1) is 25.2 Å². The van der Waals surface area contributed by atoms with Crippen molar-refractivity contribution in [2.24, 2.45) is 17.1 Å². The molecule has 2 N–H and O–H groups in total. The number of hydrogen-bond donors (Lipinski definition) is 1. The molecule has 0 saturated carbocycles. The summed E-state index contributed by atoms with van der Waals surface area (Å²) in [6, 6.07) is 2.75. The van der Waals surface area contributed by atoms with Gasteiger partial charge in [0.25, 0.3) is 0 Å². The van der Waals surface area contributed by atoms with Crippen LogP contribution in [0.4, 0.5) is 0 Å². The van der Waals surface area contributed by atoms with E-state index >= 15 is 0 Å². The van der Waals surface area contributed by atoms with Crippen LogP contribution in [0.2, 0.25) is 0 Å². The summed E-state index contributed by atoms with van der Waals surface area (Å²) >= 11 is 1.90. The molecule has 0 amide bonds. The van der Waals surface area contributed by atoms with Crippen molar-refractivity contribution in [2.45, 2.75) is 47.1 Å². The average Bonchev–Trinajstić information content (AvgIpc) is 2.87. The lowest BCUT2D eigenvalue weighted by molar-refractivity contribution is 0.197. The zero-order chi connectivity index (χ0) is 14.2. The Bertz CT molecular complexity index is 430. The van der Waals surface area contributed by atoms with Crippen LogP contribution in [-0.4, -0.2) is 24.5 Å². The van der Waals surface area contributed by atoms with Crippen molar-refractivity contribution in [1.29, 1.82) is 0 Å². The van der Waals surface area contributed by atoms with Crippen molar-refractivity contribution in [3.63, 3.8) is 0 Å². The van der Waals surface area contributed by atoms with Gasteiger partial charge in [-0.25, -0.2) is 0 Å². The highest BCUT2D eigenvalue weighted by atomic mass is 32.1. The monoisotopic (exact) mass is 280 g/mol. The maximum Gasteiger partial charge on any atom is 0.0481 e. The largest absolute Gasteiger partial charge is 0.329 e. The zero-order valence-electron chi connectivity index (χ0n) is 13.0. The summed E-state index contributed by atoms with van der Waals surface area (Å²) in [6.45, 7) is 14.6. The second-order valence-corrected chi connectivity index (χ2v) is 8.43. The standard InChI is InChI=1S/C16H28N2S/c1-11-8-14(12(2)19-11)15(9-17)18-7-6-13(10-18)16(3,4)5/h8,13,15H,6-7,9-10,17H2,1-5H3. The maximum atomic E-state index is 6.08. The van der Waals surface area contributed by atoms with E-state index in [0.29, 0.717) is 11.5 Å². The summed E-state index contributed by atoms with van der Waals surface area (Å²) in [7, 11) is 0. The average molecular weight is 280 g/mol. The Morgan fingerprint density at radius 2 is 2.11 bits per heavy atom. The molecule has 0 spiro atoms. The molecule has 3 heteroatoms. The first-order chi connectivity index (χ1) is 8.82. The molecule has 0 bridgehead atoms. The van der Waals surface area contributed by atoms with Crippen LogP contribution >= 0.6 is 11.3 Å². The fraction of sp³-hybridized carbons (Fsp3) is 0.750. The molecule has 2 atom stereocenters. The summed E-state index contributed by atoms with van der Waals surface area (Å²) in [4.78, 5) is 5.44. The summed E-state index contributed by atoms with van der Waals surface area (Å²) in [5.41, 5.74) is 7.95.